The molecule has 2 aromatic rings. The van der Waals surface area contributed by atoms with Gasteiger partial charge in [-0.3, -0.25) is 0 Å². The van der Waals surface area contributed by atoms with Gasteiger partial charge in [0.2, 0.25) is 0 Å². The topological polar surface area (TPSA) is 48.1 Å². The van der Waals surface area contributed by atoms with Crippen LogP contribution in [0.4, 0.5) is 0 Å². The van der Waals surface area contributed by atoms with Crippen molar-refractivity contribution in [1.29, 1.82) is 0 Å². The number of methoxy groups -OCH3 is 1. The molecule has 20 heavy (non-hydrogen) atoms. The van der Waals surface area contributed by atoms with Crippen LogP contribution in [0.15, 0.2) is 18.2 Å². The van der Waals surface area contributed by atoms with Crippen molar-refractivity contribution in [3.63, 3.8) is 0 Å². The van der Waals surface area contributed by atoms with E-state index in [1.54, 1.807) is 18.4 Å². The quantitative estimate of drug-likeness (QED) is 0.927. The van der Waals surface area contributed by atoms with E-state index in [1.165, 1.54) is 24.0 Å². The highest BCUT2D eigenvalue weighted by Crippen LogP contribution is 2.41. The molecule has 0 bridgehead atoms. The number of rotatable bonds is 3. The smallest absolute Gasteiger partial charge is 0.120 e. The second kappa shape index (κ2) is 5.34. The standard InChI is InChI=1S/C16H22N2OS/c1-3-11-6-8-16(17,9-7-11)15-18-13-5-4-12(19-2)10-14(13)20-15/h4-5,10-11H,3,6-9,17H2,1-2H3. The van der Waals surface area contributed by atoms with Crippen LogP contribution >= 0.6 is 11.3 Å². The number of benzene rings is 1. The zero-order valence-electron chi connectivity index (χ0n) is 12.2. The summed E-state index contributed by atoms with van der Waals surface area (Å²) >= 11 is 1.72. The van der Waals surface area contributed by atoms with Crippen LogP contribution in [0.2, 0.25) is 0 Å². The van der Waals surface area contributed by atoms with Gasteiger partial charge < -0.3 is 10.5 Å². The van der Waals surface area contributed by atoms with Gasteiger partial charge in [-0.25, -0.2) is 4.98 Å². The zero-order valence-corrected chi connectivity index (χ0v) is 13.0. The van der Waals surface area contributed by atoms with E-state index in [-0.39, 0.29) is 5.54 Å². The highest BCUT2D eigenvalue weighted by atomic mass is 32.1. The number of nitrogens with two attached hydrogens (primary N) is 1. The number of aromatic nitrogens is 1. The first-order chi connectivity index (χ1) is 9.64. The summed E-state index contributed by atoms with van der Waals surface area (Å²) < 4.78 is 6.45. The molecule has 3 rings (SSSR count). The van der Waals surface area contributed by atoms with Gasteiger partial charge in [-0.2, -0.15) is 0 Å². The van der Waals surface area contributed by atoms with E-state index in [2.05, 4.69) is 13.0 Å². The van der Waals surface area contributed by atoms with Crippen molar-refractivity contribution in [2.45, 2.75) is 44.6 Å². The Hall–Kier alpha value is -1.13. The number of ether oxygens (including phenoxy) is 1. The summed E-state index contributed by atoms with van der Waals surface area (Å²) in [5.74, 6) is 1.73. The Labute approximate surface area is 124 Å². The van der Waals surface area contributed by atoms with Crippen LogP contribution < -0.4 is 10.5 Å². The van der Waals surface area contributed by atoms with Crippen molar-refractivity contribution in [2.75, 3.05) is 7.11 Å². The monoisotopic (exact) mass is 290 g/mol. The molecule has 1 aliphatic carbocycles. The number of fused-ring (bicyclic) bond motifs is 1. The average Bonchev–Trinajstić information content (AvgIpc) is 2.91. The Morgan fingerprint density at radius 3 is 2.80 bits per heavy atom. The normalized spacial score (nSPS) is 26.9. The molecule has 0 aliphatic heterocycles. The molecule has 2 N–H and O–H groups in total. The summed E-state index contributed by atoms with van der Waals surface area (Å²) in [5, 5.41) is 1.09. The van der Waals surface area contributed by atoms with Crippen LogP contribution in [-0.2, 0) is 5.54 Å². The Bertz CT molecular complexity index is 600. The van der Waals surface area contributed by atoms with Gasteiger partial charge in [0.15, 0.2) is 0 Å². The molecule has 1 saturated carbocycles. The first-order valence-corrected chi connectivity index (χ1v) is 8.20. The van der Waals surface area contributed by atoms with Crippen LogP contribution in [0.1, 0.15) is 44.0 Å². The maximum Gasteiger partial charge on any atom is 0.120 e. The van der Waals surface area contributed by atoms with Gasteiger partial charge in [0.1, 0.15) is 10.8 Å². The van der Waals surface area contributed by atoms with Gasteiger partial charge in [-0.1, -0.05) is 13.3 Å². The molecule has 0 radical (unpaired) electrons. The highest BCUT2D eigenvalue weighted by molar-refractivity contribution is 7.18. The van der Waals surface area contributed by atoms with Gasteiger partial charge in [0, 0.05) is 0 Å². The predicted molar refractivity (Wildman–Crippen MR) is 84.3 cm³/mol. The van der Waals surface area contributed by atoms with E-state index in [9.17, 15) is 0 Å². The van der Waals surface area contributed by atoms with Crippen molar-refractivity contribution < 1.29 is 4.74 Å². The van der Waals surface area contributed by atoms with Crippen LogP contribution in [0.25, 0.3) is 10.2 Å². The number of hydrogen-bond acceptors (Lipinski definition) is 4. The number of nitrogens with zero attached hydrogens (tertiary/aromatic N) is 1. The third kappa shape index (κ3) is 2.42. The molecule has 108 valence electrons. The van der Waals surface area contributed by atoms with E-state index >= 15 is 0 Å². The van der Waals surface area contributed by atoms with Crippen molar-refractivity contribution in [2.24, 2.45) is 11.7 Å². The Morgan fingerprint density at radius 2 is 2.15 bits per heavy atom. The first-order valence-electron chi connectivity index (χ1n) is 7.38. The highest BCUT2D eigenvalue weighted by Gasteiger charge is 2.35. The third-order valence-electron chi connectivity index (χ3n) is 4.60. The molecule has 1 heterocycles. The van der Waals surface area contributed by atoms with Crippen LogP contribution in [0.3, 0.4) is 0 Å². The molecule has 0 atom stereocenters. The molecule has 1 aromatic carbocycles. The molecule has 0 saturated heterocycles. The minimum atomic E-state index is -0.220. The lowest BCUT2D eigenvalue weighted by atomic mass is 9.76. The van der Waals surface area contributed by atoms with E-state index in [1.807, 2.05) is 12.1 Å². The van der Waals surface area contributed by atoms with E-state index in [0.717, 1.165) is 35.0 Å². The molecule has 1 fully saturated rings. The summed E-state index contributed by atoms with van der Waals surface area (Å²) in [6.07, 6.45) is 5.84. The maximum atomic E-state index is 6.65. The van der Waals surface area contributed by atoms with Gasteiger partial charge in [0.25, 0.3) is 0 Å². The second-order valence-corrected chi connectivity index (χ2v) is 6.89. The lowest BCUT2D eigenvalue weighted by Gasteiger charge is -2.35. The zero-order chi connectivity index (χ0) is 14.2. The second-order valence-electron chi connectivity index (χ2n) is 5.86. The molecule has 0 amide bonds. The number of thiazole rings is 1. The van der Waals surface area contributed by atoms with E-state index < -0.39 is 0 Å². The molecule has 1 aromatic heterocycles. The molecule has 0 spiro atoms. The van der Waals surface area contributed by atoms with Gasteiger partial charge in [-0.05, 0) is 49.8 Å². The van der Waals surface area contributed by atoms with E-state index in [0.29, 0.717) is 0 Å². The van der Waals surface area contributed by atoms with Gasteiger partial charge in [-0.15, -0.1) is 11.3 Å². The van der Waals surface area contributed by atoms with Crippen LogP contribution in [0.5, 0.6) is 5.75 Å². The molecular weight excluding hydrogens is 268 g/mol. The minimum Gasteiger partial charge on any atom is -0.497 e. The fourth-order valence-corrected chi connectivity index (χ4v) is 4.21. The Balaban J connectivity index is 1.90. The lowest BCUT2D eigenvalue weighted by Crippen LogP contribution is -2.40. The predicted octanol–water partition coefficient (Wildman–Crippen LogP) is 4.06. The van der Waals surface area contributed by atoms with Crippen LogP contribution in [0, 0.1) is 5.92 Å². The van der Waals surface area contributed by atoms with Crippen LogP contribution in [-0.4, -0.2) is 12.1 Å². The van der Waals surface area contributed by atoms with E-state index in [4.69, 9.17) is 15.5 Å². The summed E-state index contributed by atoms with van der Waals surface area (Å²) in [4.78, 5) is 4.77. The van der Waals surface area contributed by atoms with Crippen molar-refractivity contribution in [3.05, 3.63) is 23.2 Å². The number of hydrogen-bond donors (Lipinski definition) is 1. The average molecular weight is 290 g/mol. The fourth-order valence-electron chi connectivity index (χ4n) is 3.06. The summed E-state index contributed by atoms with van der Waals surface area (Å²) in [7, 11) is 1.69. The van der Waals surface area contributed by atoms with Gasteiger partial charge >= 0.3 is 0 Å². The largest absolute Gasteiger partial charge is 0.497 e. The Kier molecular flexibility index (Phi) is 3.69. The molecular formula is C16H22N2OS. The molecule has 4 heteroatoms. The van der Waals surface area contributed by atoms with Gasteiger partial charge in [0.05, 0.1) is 22.9 Å². The van der Waals surface area contributed by atoms with Crippen molar-refractivity contribution >= 4 is 21.6 Å². The maximum absolute atomic E-state index is 6.65. The van der Waals surface area contributed by atoms with Crippen molar-refractivity contribution in [1.82, 2.24) is 4.98 Å². The molecule has 0 unspecified atom stereocenters. The Morgan fingerprint density at radius 1 is 1.40 bits per heavy atom. The SMILES string of the molecule is CCC1CCC(N)(c2nc3ccc(OC)cc3s2)CC1. The molecule has 1 aliphatic rings. The van der Waals surface area contributed by atoms with Crippen molar-refractivity contribution in [3.8, 4) is 5.75 Å². The third-order valence-corrected chi connectivity index (χ3v) is 5.83. The summed E-state index contributed by atoms with van der Waals surface area (Å²) in [6.45, 7) is 2.28. The lowest BCUT2D eigenvalue weighted by molar-refractivity contribution is 0.231. The first kappa shape index (κ1) is 13.8. The summed E-state index contributed by atoms with van der Waals surface area (Å²) in [6, 6.07) is 6.04. The molecule has 3 nitrogen and oxygen atoms in total. The minimum absolute atomic E-state index is 0.220. The summed E-state index contributed by atoms with van der Waals surface area (Å²) in [5.41, 5.74) is 7.46. The fraction of sp³-hybridized carbons (Fsp3) is 0.562.